The molecule has 1 aromatic rings. The summed E-state index contributed by atoms with van der Waals surface area (Å²) in [5.74, 6) is 1.04. The van der Waals surface area contributed by atoms with Crippen LogP contribution in [0.15, 0.2) is 45.6 Å². The molecule has 2 fully saturated rings. The molecule has 2 heterocycles. The van der Waals surface area contributed by atoms with E-state index in [0.29, 0.717) is 35.7 Å². The Hall–Kier alpha value is -2.39. The van der Waals surface area contributed by atoms with E-state index in [9.17, 15) is 4.79 Å². The third-order valence-corrected chi connectivity index (χ3v) is 4.44. The fraction of sp³-hybridized carbons (Fsp3) is 0.375. The van der Waals surface area contributed by atoms with E-state index in [1.165, 1.54) is 11.8 Å². The number of nitrogens with one attached hydrogen (secondary N) is 2. The number of morpholine rings is 1. The molecule has 2 saturated heterocycles. The number of para-hydroxylation sites is 1. The summed E-state index contributed by atoms with van der Waals surface area (Å²) in [7, 11) is 0. The van der Waals surface area contributed by atoms with Gasteiger partial charge in [-0.3, -0.25) is 10.2 Å². The molecule has 132 valence electrons. The minimum absolute atomic E-state index is 0.0515. The molecule has 9 heteroatoms. The minimum Gasteiger partial charge on any atom is -0.378 e. The van der Waals surface area contributed by atoms with Crippen LogP contribution in [0.3, 0.4) is 0 Å². The molecule has 25 heavy (non-hydrogen) atoms. The molecule has 1 amide bonds. The highest BCUT2D eigenvalue weighted by atomic mass is 32.2. The Morgan fingerprint density at radius 1 is 1.28 bits per heavy atom. The van der Waals surface area contributed by atoms with Crippen LogP contribution in [0.25, 0.3) is 0 Å². The lowest BCUT2D eigenvalue weighted by molar-refractivity contribution is -0.116. The van der Waals surface area contributed by atoms with Crippen LogP contribution < -0.4 is 10.7 Å². The van der Waals surface area contributed by atoms with Gasteiger partial charge in [-0.1, -0.05) is 30.0 Å². The Labute approximate surface area is 150 Å². The van der Waals surface area contributed by atoms with Crippen molar-refractivity contribution in [3.05, 3.63) is 30.3 Å². The highest BCUT2D eigenvalue weighted by Crippen LogP contribution is 2.10. The predicted octanol–water partition coefficient (Wildman–Crippen LogP) is 1.34. The summed E-state index contributed by atoms with van der Waals surface area (Å²) in [6, 6.07) is 9.72. The lowest BCUT2D eigenvalue weighted by Crippen LogP contribution is -2.44. The van der Waals surface area contributed by atoms with Gasteiger partial charge in [0.05, 0.1) is 24.7 Å². The normalized spacial score (nSPS) is 20.8. The number of anilines is 1. The molecule has 0 saturated carbocycles. The van der Waals surface area contributed by atoms with E-state index >= 15 is 0 Å². The molecule has 2 aliphatic heterocycles. The van der Waals surface area contributed by atoms with Crippen molar-refractivity contribution in [3.8, 4) is 0 Å². The number of rotatable bonds is 4. The highest BCUT2D eigenvalue weighted by molar-refractivity contribution is 8.15. The Morgan fingerprint density at radius 3 is 2.72 bits per heavy atom. The van der Waals surface area contributed by atoms with Crippen LogP contribution in [0.4, 0.5) is 5.69 Å². The number of amides is 1. The number of benzene rings is 1. The van der Waals surface area contributed by atoms with Gasteiger partial charge in [-0.15, -0.1) is 10.2 Å². The maximum Gasteiger partial charge on any atom is 0.236 e. The molecule has 2 N–H and O–H groups in total. The topological polar surface area (TPSA) is 90.7 Å². The SMILES string of the molecule is CC(=N\N=C1\NC(=O)CS1)/C(=N/Nc1ccccc1)N1CCOCC1. The van der Waals surface area contributed by atoms with Crippen molar-refractivity contribution in [2.24, 2.45) is 15.3 Å². The van der Waals surface area contributed by atoms with Crippen LogP contribution in [0.1, 0.15) is 6.92 Å². The van der Waals surface area contributed by atoms with E-state index in [1.807, 2.05) is 37.3 Å². The fourth-order valence-electron chi connectivity index (χ4n) is 2.33. The van der Waals surface area contributed by atoms with Crippen molar-refractivity contribution >= 4 is 40.1 Å². The number of amidine groups is 2. The lowest BCUT2D eigenvalue weighted by Gasteiger charge is -2.29. The second kappa shape index (κ2) is 8.63. The Balaban J connectivity index is 1.78. The molecular weight excluding hydrogens is 340 g/mol. The first-order valence-corrected chi connectivity index (χ1v) is 8.97. The maximum atomic E-state index is 11.2. The van der Waals surface area contributed by atoms with Gasteiger partial charge in [-0.25, -0.2) is 0 Å². The molecule has 0 bridgehead atoms. The van der Waals surface area contributed by atoms with Crippen LogP contribution in [-0.4, -0.2) is 59.6 Å². The molecule has 2 aliphatic rings. The molecule has 0 unspecified atom stereocenters. The van der Waals surface area contributed by atoms with Crippen LogP contribution in [0, 0.1) is 0 Å². The monoisotopic (exact) mass is 360 g/mol. The zero-order chi connectivity index (χ0) is 17.5. The van der Waals surface area contributed by atoms with Gasteiger partial charge in [0.15, 0.2) is 11.0 Å². The van der Waals surface area contributed by atoms with E-state index in [0.717, 1.165) is 18.8 Å². The summed E-state index contributed by atoms with van der Waals surface area (Å²) in [4.78, 5) is 13.3. The third-order valence-electron chi connectivity index (χ3n) is 3.58. The zero-order valence-corrected chi connectivity index (χ0v) is 14.8. The number of hydrogen-bond donors (Lipinski definition) is 2. The largest absolute Gasteiger partial charge is 0.378 e. The molecule has 1 aromatic carbocycles. The van der Waals surface area contributed by atoms with Crippen molar-refractivity contribution in [1.29, 1.82) is 0 Å². The Kier molecular flexibility index (Phi) is 6.02. The van der Waals surface area contributed by atoms with E-state index in [1.54, 1.807) is 0 Å². The zero-order valence-electron chi connectivity index (χ0n) is 13.9. The number of carbonyl (C=O) groups is 1. The third kappa shape index (κ3) is 5.04. The van der Waals surface area contributed by atoms with Crippen molar-refractivity contribution in [2.75, 3.05) is 37.5 Å². The van der Waals surface area contributed by atoms with Gasteiger partial charge in [0, 0.05) is 13.1 Å². The minimum atomic E-state index is -0.0515. The van der Waals surface area contributed by atoms with Crippen molar-refractivity contribution in [2.45, 2.75) is 6.92 Å². The summed E-state index contributed by atoms with van der Waals surface area (Å²) in [6.45, 7) is 4.64. The number of ether oxygens (including phenoxy) is 1. The quantitative estimate of drug-likeness (QED) is 0.480. The molecule has 0 aliphatic carbocycles. The number of hydrazone groups is 1. The fourth-order valence-corrected chi connectivity index (χ4v) is 2.95. The molecule has 0 radical (unpaired) electrons. The highest BCUT2D eigenvalue weighted by Gasteiger charge is 2.19. The first kappa shape index (κ1) is 17.4. The lowest BCUT2D eigenvalue weighted by atomic mass is 10.3. The first-order valence-electron chi connectivity index (χ1n) is 7.99. The summed E-state index contributed by atoms with van der Waals surface area (Å²) in [6.07, 6.45) is 0. The van der Waals surface area contributed by atoms with Gasteiger partial charge in [-0.2, -0.15) is 5.10 Å². The van der Waals surface area contributed by atoms with Gasteiger partial charge >= 0.3 is 0 Å². The van der Waals surface area contributed by atoms with E-state index in [4.69, 9.17) is 4.74 Å². The smallest absolute Gasteiger partial charge is 0.236 e. The second-order valence-electron chi connectivity index (χ2n) is 5.44. The predicted molar refractivity (Wildman–Crippen MR) is 101 cm³/mol. The van der Waals surface area contributed by atoms with Gasteiger partial charge in [-0.05, 0) is 19.1 Å². The Morgan fingerprint density at radius 2 is 2.04 bits per heavy atom. The average molecular weight is 360 g/mol. The van der Waals surface area contributed by atoms with E-state index < -0.39 is 0 Å². The molecule has 3 rings (SSSR count). The number of carbonyl (C=O) groups excluding carboxylic acids is 1. The number of thioether (sulfide) groups is 1. The summed E-state index contributed by atoms with van der Waals surface area (Å²) >= 11 is 1.34. The van der Waals surface area contributed by atoms with Gasteiger partial charge in [0.1, 0.15) is 5.71 Å². The van der Waals surface area contributed by atoms with Crippen molar-refractivity contribution in [3.63, 3.8) is 0 Å². The second-order valence-corrected chi connectivity index (χ2v) is 6.40. The average Bonchev–Trinajstić information content (AvgIpc) is 3.07. The van der Waals surface area contributed by atoms with Gasteiger partial charge in [0.25, 0.3) is 0 Å². The molecule has 0 atom stereocenters. The van der Waals surface area contributed by atoms with Gasteiger partial charge in [0.2, 0.25) is 5.91 Å². The molecule has 8 nitrogen and oxygen atoms in total. The van der Waals surface area contributed by atoms with Crippen LogP contribution in [-0.2, 0) is 9.53 Å². The molecule has 0 aromatic heterocycles. The van der Waals surface area contributed by atoms with Crippen molar-refractivity contribution < 1.29 is 9.53 Å². The van der Waals surface area contributed by atoms with Crippen LogP contribution in [0.5, 0.6) is 0 Å². The molecule has 0 spiro atoms. The van der Waals surface area contributed by atoms with E-state index in [2.05, 4.69) is 30.9 Å². The first-order chi connectivity index (χ1) is 12.2. The van der Waals surface area contributed by atoms with Crippen LogP contribution >= 0.6 is 11.8 Å². The van der Waals surface area contributed by atoms with Crippen LogP contribution in [0.2, 0.25) is 0 Å². The van der Waals surface area contributed by atoms with E-state index in [-0.39, 0.29) is 5.91 Å². The summed E-state index contributed by atoms with van der Waals surface area (Å²) in [5.41, 5.74) is 4.62. The van der Waals surface area contributed by atoms with Crippen molar-refractivity contribution in [1.82, 2.24) is 10.2 Å². The Bertz CT molecular complexity index is 698. The summed E-state index contributed by atoms with van der Waals surface area (Å²) < 4.78 is 5.41. The summed E-state index contributed by atoms with van der Waals surface area (Å²) in [5, 5.41) is 16.1. The number of nitrogens with zero attached hydrogens (tertiary/aromatic N) is 4. The maximum absolute atomic E-state index is 11.2. The number of hydrogen-bond acceptors (Lipinski definition) is 7. The molecular formula is C16H20N6O2S. The van der Waals surface area contributed by atoms with Gasteiger partial charge < -0.3 is 15.0 Å². The standard InChI is InChI=1S/C16H20N6O2S/c1-12(18-21-16-17-14(23)11-25-16)15(22-7-9-24-10-8-22)20-19-13-5-3-2-4-6-13/h2-6,19H,7-11H2,1H3,(H,17,21,23)/b18-12+,20-15-.